The van der Waals surface area contributed by atoms with Crippen molar-refractivity contribution in [1.82, 2.24) is 9.47 Å². The highest BCUT2D eigenvalue weighted by molar-refractivity contribution is 5.86. The van der Waals surface area contributed by atoms with Crippen LogP contribution in [-0.4, -0.2) is 29.6 Å². The van der Waals surface area contributed by atoms with Gasteiger partial charge in [0.25, 0.3) is 0 Å². The van der Waals surface area contributed by atoms with E-state index >= 15 is 0 Å². The van der Waals surface area contributed by atoms with Gasteiger partial charge in [-0.1, -0.05) is 37.6 Å². The Balaban J connectivity index is 1.89. The van der Waals surface area contributed by atoms with Gasteiger partial charge >= 0.3 is 0 Å². The van der Waals surface area contributed by atoms with Crippen molar-refractivity contribution in [2.75, 3.05) is 20.1 Å². The van der Waals surface area contributed by atoms with Gasteiger partial charge in [0, 0.05) is 47.6 Å². The first-order valence-electron chi connectivity index (χ1n) is 10.4. The molecule has 3 aromatic rings. The summed E-state index contributed by atoms with van der Waals surface area (Å²) in [6, 6.07) is 14.2. The van der Waals surface area contributed by atoms with E-state index in [1.54, 1.807) is 12.1 Å². The molecule has 0 N–H and O–H groups in total. The molecule has 28 heavy (non-hydrogen) atoms. The minimum atomic E-state index is -0.175. The van der Waals surface area contributed by atoms with Crippen LogP contribution in [-0.2, 0) is 18.3 Å². The van der Waals surface area contributed by atoms with Gasteiger partial charge in [-0.05, 0) is 62.7 Å². The Bertz CT molecular complexity index is 998. The first kappa shape index (κ1) is 19.2. The van der Waals surface area contributed by atoms with E-state index in [1.165, 1.54) is 33.3 Å². The van der Waals surface area contributed by atoms with Crippen molar-refractivity contribution in [2.24, 2.45) is 0 Å². The van der Waals surface area contributed by atoms with Crippen LogP contribution < -0.4 is 0 Å². The number of hydrogen-bond donors (Lipinski definition) is 0. The number of rotatable bonds is 3. The first-order chi connectivity index (χ1) is 13.3. The van der Waals surface area contributed by atoms with Crippen LogP contribution in [0.4, 0.5) is 4.39 Å². The predicted molar refractivity (Wildman–Crippen MR) is 116 cm³/mol. The van der Waals surface area contributed by atoms with Crippen molar-refractivity contribution in [3.8, 4) is 0 Å². The largest absolute Gasteiger partial charge is 0.341 e. The van der Waals surface area contributed by atoms with Crippen molar-refractivity contribution in [3.05, 3.63) is 70.7 Å². The third-order valence-electron chi connectivity index (χ3n) is 6.87. The minimum Gasteiger partial charge on any atom is -0.341 e. The molecule has 1 aromatic heterocycles. The zero-order valence-corrected chi connectivity index (χ0v) is 17.7. The Morgan fingerprint density at radius 2 is 1.68 bits per heavy atom. The quantitative estimate of drug-likeness (QED) is 0.571. The summed E-state index contributed by atoms with van der Waals surface area (Å²) < 4.78 is 16.1. The summed E-state index contributed by atoms with van der Waals surface area (Å²) in [5.74, 6) is -0.175. The van der Waals surface area contributed by atoms with Gasteiger partial charge in [0.1, 0.15) is 5.82 Å². The summed E-state index contributed by atoms with van der Waals surface area (Å²) in [5, 5.41) is 1.41. The van der Waals surface area contributed by atoms with Crippen LogP contribution in [0.2, 0.25) is 0 Å². The van der Waals surface area contributed by atoms with E-state index in [4.69, 9.17) is 0 Å². The molecule has 2 aromatic carbocycles. The fourth-order valence-electron chi connectivity index (χ4n) is 4.70. The summed E-state index contributed by atoms with van der Waals surface area (Å²) in [7, 11) is 2.22. The Kier molecular flexibility index (Phi) is 4.83. The molecule has 1 aliphatic heterocycles. The second kappa shape index (κ2) is 7.04. The molecule has 0 aliphatic carbocycles. The highest BCUT2D eigenvalue weighted by Crippen LogP contribution is 2.41. The number of hydrogen-bond acceptors (Lipinski definition) is 1. The topological polar surface area (TPSA) is 8.17 Å². The van der Waals surface area contributed by atoms with Crippen LogP contribution in [0.5, 0.6) is 0 Å². The Hall–Kier alpha value is -2.13. The highest BCUT2D eigenvalue weighted by Gasteiger charge is 2.33. The zero-order valence-electron chi connectivity index (χ0n) is 17.7. The molecular formula is C25H31FN2. The summed E-state index contributed by atoms with van der Waals surface area (Å²) >= 11 is 0. The van der Waals surface area contributed by atoms with E-state index in [0.29, 0.717) is 0 Å². The molecule has 2 heterocycles. The van der Waals surface area contributed by atoms with E-state index in [-0.39, 0.29) is 17.3 Å². The Labute approximate surface area is 168 Å². The third-order valence-corrected chi connectivity index (χ3v) is 6.87. The van der Waals surface area contributed by atoms with Crippen LogP contribution in [0.15, 0.2) is 42.5 Å². The van der Waals surface area contributed by atoms with Crippen molar-refractivity contribution in [1.29, 1.82) is 0 Å². The molecule has 1 aliphatic rings. The minimum absolute atomic E-state index is 0.115. The van der Waals surface area contributed by atoms with E-state index in [9.17, 15) is 4.39 Å². The SMILES string of the molecule is Cc1ccc2c(c1)c1c(n2C(C)C(C)(C)c2ccc(F)cc2)CCN(C)CC1. The Morgan fingerprint density at radius 3 is 2.39 bits per heavy atom. The van der Waals surface area contributed by atoms with E-state index in [0.717, 1.165) is 25.9 Å². The fraction of sp³-hybridized carbons (Fsp3) is 0.440. The molecule has 3 heteroatoms. The lowest BCUT2D eigenvalue weighted by molar-refractivity contribution is 0.330. The molecule has 2 nitrogen and oxygen atoms in total. The summed E-state index contributed by atoms with van der Waals surface area (Å²) in [5.41, 5.74) is 6.71. The first-order valence-corrected chi connectivity index (χ1v) is 10.4. The van der Waals surface area contributed by atoms with Gasteiger partial charge in [-0.3, -0.25) is 0 Å². The molecule has 0 spiro atoms. The van der Waals surface area contributed by atoms with Gasteiger partial charge in [-0.15, -0.1) is 0 Å². The number of halogens is 1. The molecule has 0 radical (unpaired) electrons. The van der Waals surface area contributed by atoms with E-state index in [1.807, 2.05) is 12.1 Å². The van der Waals surface area contributed by atoms with Crippen LogP contribution in [0, 0.1) is 12.7 Å². The maximum absolute atomic E-state index is 13.5. The van der Waals surface area contributed by atoms with Crippen molar-refractivity contribution in [3.63, 3.8) is 0 Å². The lowest BCUT2D eigenvalue weighted by Crippen LogP contribution is -2.30. The van der Waals surface area contributed by atoms with Gasteiger partial charge in [0.05, 0.1) is 0 Å². The smallest absolute Gasteiger partial charge is 0.123 e. The predicted octanol–water partition coefficient (Wildman–Crippen LogP) is 5.66. The molecule has 0 saturated heterocycles. The lowest BCUT2D eigenvalue weighted by atomic mass is 9.78. The van der Waals surface area contributed by atoms with Gasteiger partial charge in [-0.25, -0.2) is 4.39 Å². The molecule has 0 fully saturated rings. The van der Waals surface area contributed by atoms with Crippen LogP contribution in [0.25, 0.3) is 10.9 Å². The summed E-state index contributed by atoms with van der Waals surface area (Å²) in [6.07, 6.45) is 2.17. The molecule has 0 saturated carbocycles. The Morgan fingerprint density at radius 1 is 1.00 bits per heavy atom. The average Bonchev–Trinajstić information content (AvgIpc) is 2.83. The maximum atomic E-state index is 13.5. The van der Waals surface area contributed by atoms with Crippen LogP contribution in [0.3, 0.4) is 0 Å². The van der Waals surface area contributed by atoms with Crippen molar-refractivity contribution >= 4 is 10.9 Å². The molecule has 0 amide bonds. The third kappa shape index (κ3) is 3.16. The molecule has 0 bridgehead atoms. The number of aryl methyl sites for hydroxylation is 1. The highest BCUT2D eigenvalue weighted by atomic mass is 19.1. The lowest BCUT2D eigenvalue weighted by Gasteiger charge is -2.35. The molecule has 1 atom stereocenters. The van der Waals surface area contributed by atoms with Gasteiger partial charge in [0.2, 0.25) is 0 Å². The van der Waals surface area contributed by atoms with Crippen molar-refractivity contribution < 1.29 is 4.39 Å². The molecule has 4 rings (SSSR count). The van der Waals surface area contributed by atoms with E-state index in [2.05, 4.69) is 62.4 Å². The number of likely N-dealkylation sites (N-methyl/N-ethyl adjacent to an activating group) is 1. The van der Waals surface area contributed by atoms with Gasteiger partial charge in [0.15, 0.2) is 0 Å². The second-order valence-corrected chi connectivity index (χ2v) is 9.02. The average molecular weight is 379 g/mol. The van der Waals surface area contributed by atoms with Gasteiger partial charge in [-0.2, -0.15) is 0 Å². The van der Waals surface area contributed by atoms with Crippen molar-refractivity contribution in [2.45, 2.75) is 52.0 Å². The standard InChI is InChI=1S/C25H31FN2/c1-17-6-11-23-22(16-17)21-12-14-27(5)15-13-24(21)28(23)18(2)25(3,4)19-7-9-20(26)10-8-19/h6-11,16,18H,12-15H2,1-5H3. The summed E-state index contributed by atoms with van der Waals surface area (Å²) in [4.78, 5) is 2.43. The molecule has 1 unspecified atom stereocenters. The molecular weight excluding hydrogens is 347 g/mol. The maximum Gasteiger partial charge on any atom is 0.123 e. The van der Waals surface area contributed by atoms with Gasteiger partial charge < -0.3 is 9.47 Å². The second-order valence-electron chi connectivity index (χ2n) is 9.02. The summed E-state index contributed by atoms with van der Waals surface area (Å²) in [6.45, 7) is 11.2. The number of benzene rings is 2. The molecule has 148 valence electrons. The zero-order chi connectivity index (χ0) is 20.1. The monoisotopic (exact) mass is 378 g/mol. The van der Waals surface area contributed by atoms with Crippen LogP contribution in [0.1, 0.15) is 49.2 Å². The normalized spacial score (nSPS) is 16.8. The fourth-order valence-corrected chi connectivity index (χ4v) is 4.70. The number of nitrogens with zero attached hydrogens (tertiary/aromatic N) is 2. The van der Waals surface area contributed by atoms with Crippen LogP contribution >= 0.6 is 0 Å². The number of fused-ring (bicyclic) bond motifs is 3. The number of aromatic nitrogens is 1. The van der Waals surface area contributed by atoms with E-state index < -0.39 is 0 Å².